The molecule has 0 bridgehead atoms. The van der Waals surface area contributed by atoms with Gasteiger partial charge in [-0.3, -0.25) is 14.4 Å². The average Bonchev–Trinajstić information content (AvgIpc) is 3.56. The average molecular weight is 800 g/mol. The maximum Gasteiger partial charge on any atom is 0.416 e. The number of halogens is 4. The summed E-state index contributed by atoms with van der Waals surface area (Å²) in [6.07, 6.45) is 3.40. The molecule has 2 amide bonds. The van der Waals surface area contributed by atoms with Gasteiger partial charge in [0.2, 0.25) is 0 Å². The van der Waals surface area contributed by atoms with Crippen LogP contribution < -0.4 is 20.4 Å². The molecule has 7 rings (SSSR count). The van der Waals surface area contributed by atoms with Gasteiger partial charge in [0, 0.05) is 60.0 Å². The van der Waals surface area contributed by atoms with Gasteiger partial charge in [-0.25, -0.2) is 9.37 Å². The lowest BCUT2D eigenvalue weighted by atomic mass is 9.72. The van der Waals surface area contributed by atoms with Crippen LogP contribution in [0, 0.1) is 18.2 Å². The molecule has 0 radical (unpaired) electrons. The van der Waals surface area contributed by atoms with Crippen molar-refractivity contribution in [3.63, 3.8) is 0 Å². The standard InChI is InChI=1S/C29H23F4N3O2S.C15H22N2O/c1-16-4-3-5-22(30)25(16)35-27(37)24-14-18-12-13-36(28(38)17-6-9-20(34-2)10-7-17)23-15-19(29(31,32)33)8-11-21(23)26(18)39-24;1-3-7-15(8-4-2)11-17(12-15)14-13(10-18)6-5-9-16-14/h3-11,14-15,34H,12-13H2,1-2H3,(H,35,37);5-6,9-10H,3-4,7-8,11-12H2,1-2H3. The first-order chi connectivity index (χ1) is 27.3. The molecule has 0 unspecified atom stereocenters. The van der Waals surface area contributed by atoms with E-state index in [-0.39, 0.29) is 22.8 Å². The summed E-state index contributed by atoms with van der Waals surface area (Å²) in [5.74, 6) is -0.660. The Morgan fingerprint density at radius 3 is 2.32 bits per heavy atom. The molecule has 57 heavy (non-hydrogen) atoms. The number of hydrogen-bond acceptors (Lipinski definition) is 7. The Bertz CT molecular complexity index is 2220. The number of aldehydes is 1. The molecule has 2 aliphatic heterocycles. The van der Waals surface area contributed by atoms with Crippen molar-refractivity contribution in [1.82, 2.24) is 4.98 Å². The molecule has 298 valence electrons. The fourth-order valence-corrected chi connectivity index (χ4v) is 8.86. The van der Waals surface area contributed by atoms with Crippen molar-refractivity contribution >= 4 is 52.3 Å². The predicted octanol–water partition coefficient (Wildman–Crippen LogP) is 10.7. The van der Waals surface area contributed by atoms with Crippen LogP contribution in [0.1, 0.15) is 86.6 Å². The Hall–Kier alpha value is -5.56. The molecule has 4 heterocycles. The molecule has 1 fully saturated rings. The number of amides is 2. The summed E-state index contributed by atoms with van der Waals surface area (Å²) in [4.78, 5) is 46.4. The van der Waals surface area contributed by atoms with Crippen LogP contribution in [0.4, 0.5) is 40.4 Å². The maximum atomic E-state index is 14.3. The van der Waals surface area contributed by atoms with E-state index in [9.17, 15) is 31.9 Å². The maximum absolute atomic E-state index is 14.3. The fourth-order valence-electron chi connectivity index (χ4n) is 7.72. The number of fused-ring (bicyclic) bond motifs is 3. The van der Waals surface area contributed by atoms with Gasteiger partial charge in [0.25, 0.3) is 11.8 Å². The van der Waals surface area contributed by atoms with Crippen LogP contribution in [0.2, 0.25) is 0 Å². The summed E-state index contributed by atoms with van der Waals surface area (Å²) < 4.78 is 55.3. The van der Waals surface area contributed by atoms with Crippen LogP contribution in [0.25, 0.3) is 10.4 Å². The minimum absolute atomic E-state index is 0.0716. The van der Waals surface area contributed by atoms with Gasteiger partial charge in [-0.2, -0.15) is 13.2 Å². The highest BCUT2D eigenvalue weighted by Crippen LogP contribution is 2.45. The van der Waals surface area contributed by atoms with Crippen LogP contribution in [0.3, 0.4) is 0 Å². The van der Waals surface area contributed by atoms with Crippen LogP contribution in [0.15, 0.2) is 85.1 Å². The van der Waals surface area contributed by atoms with Gasteiger partial charge in [-0.05, 0) is 98.0 Å². The van der Waals surface area contributed by atoms with Gasteiger partial charge >= 0.3 is 6.18 Å². The molecule has 0 spiro atoms. The number of rotatable bonds is 10. The highest BCUT2D eigenvalue weighted by Gasteiger charge is 2.42. The second kappa shape index (κ2) is 17.3. The number of aryl methyl sites for hydroxylation is 1. The molecule has 0 aliphatic carbocycles. The molecule has 5 aromatic rings. The van der Waals surface area contributed by atoms with E-state index in [0.29, 0.717) is 39.0 Å². The molecule has 1 saturated heterocycles. The van der Waals surface area contributed by atoms with Gasteiger partial charge in [0.05, 0.1) is 27.4 Å². The zero-order valence-corrected chi connectivity index (χ0v) is 33.1. The number of carbonyl (C=O) groups excluding carboxylic acids is 3. The van der Waals surface area contributed by atoms with E-state index in [4.69, 9.17) is 0 Å². The van der Waals surface area contributed by atoms with E-state index in [1.807, 2.05) is 12.1 Å². The third-order valence-corrected chi connectivity index (χ3v) is 11.7. The monoisotopic (exact) mass is 799 g/mol. The van der Waals surface area contributed by atoms with E-state index in [0.717, 1.165) is 59.9 Å². The molecule has 2 aromatic heterocycles. The van der Waals surface area contributed by atoms with E-state index in [1.54, 1.807) is 62.6 Å². The highest BCUT2D eigenvalue weighted by atomic mass is 32.1. The quantitative estimate of drug-likeness (QED) is 0.108. The molecule has 13 heteroatoms. The lowest BCUT2D eigenvalue weighted by Crippen LogP contribution is -2.57. The highest BCUT2D eigenvalue weighted by molar-refractivity contribution is 7.17. The number of pyridine rings is 1. The number of aromatic nitrogens is 1. The molecular formula is C44H45F4N5O3S. The smallest absolute Gasteiger partial charge is 0.388 e. The van der Waals surface area contributed by atoms with E-state index >= 15 is 0 Å². The number of para-hydroxylation sites is 1. The zero-order valence-electron chi connectivity index (χ0n) is 32.3. The first-order valence-corrected chi connectivity index (χ1v) is 19.8. The van der Waals surface area contributed by atoms with Crippen molar-refractivity contribution in [2.24, 2.45) is 5.41 Å². The van der Waals surface area contributed by atoms with Crippen LogP contribution in [-0.2, 0) is 12.6 Å². The minimum atomic E-state index is -4.61. The second-order valence-corrected chi connectivity index (χ2v) is 15.6. The van der Waals surface area contributed by atoms with Crippen molar-refractivity contribution in [2.75, 3.05) is 47.1 Å². The third kappa shape index (κ3) is 8.88. The summed E-state index contributed by atoms with van der Waals surface area (Å²) in [6.45, 7) is 8.38. The second-order valence-electron chi connectivity index (χ2n) is 14.5. The Morgan fingerprint density at radius 2 is 1.68 bits per heavy atom. The number of alkyl halides is 3. The zero-order chi connectivity index (χ0) is 40.9. The lowest BCUT2D eigenvalue weighted by molar-refractivity contribution is -0.137. The van der Waals surface area contributed by atoms with Gasteiger partial charge < -0.3 is 20.4 Å². The van der Waals surface area contributed by atoms with Crippen LogP contribution in [0.5, 0.6) is 0 Å². The summed E-state index contributed by atoms with van der Waals surface area (Å²) in [6, 6.07) is 19.8. The number of anilines is 4. The molecule has 2 N–H and O–H groups in total. The van der Waals surface area contributed by atoms with Crippen molar-refractivity contribution in [1.29, 1.82) is 0 Å². The number of thiophene rings is 1. The summed E-state index contributed by atoms with van der Waals surface area (Å²) >= 11 is 1.10. The SMILES string of the molecule is CCCC1(CCC)CN(c2ncccc2C=O)C1.CNc1ccc(C(=O)N2CCc3cc(C(=O)Nc4c(C)cccc4F)sc3-c3ccc(C(F)(F)F)cc32)cc1. The van der Waals surface area contributed by atoms with Crippen molar-refractivity contribution in [2.45, 2.75) is 59.1 Å². The number of nitrogens with one attached hydrogen (secondary N) is 2. The topological polar surface area (TPSA) is 94.6 Å². The van der Waals surface area contributed by atoms with Crippen LogP contribution in [-0.4, -0.2) is 49.8 Å². The van der Waals surface area contributed by atoms with Crippen molar-refractivity contribution in [3.8, 4) is 10.4 Å². The molecular weight excluding hydrogens is 755 g/mol. The summed E-state index contributed by atoms with van der Waals surface area (Å²) in [5.41, 5.74) is 3.30. The molecule has 2 aliphatic rings. The van der Waals surface area contributed by atoms with Gasteiger partial charge in [0.15, 0.2) is 6.29 Å². The lowest BCUT2D eigenvalue weighted by Gasteiger charge is -2.51. The summed E-state index contributed by atoms with van der Waals surface area (Å²) in [5, 5.41) is 5.57. The molecule has 3 aromatic carbocycles. The van der Waals surface area contributed by atoms with E-state index in [1.165, 1.54) is 42.7 Å². The largest absolute Gasteiger partial charge is 0.416 e. The number of hydrogen-bond donors (Lipinski definition) is 2. The number of carbonyl (C=O) groups is 3. The van der Waals surface area contributed by atoms with E-state index < -0.39 is 29.4 Å². The minimum Gasteiger partial charge on any atom is -0.388 e. The van der Waals surface area contributed by atoms with Gasteiger partial charge in [-0.1, -0.05) is 44.9 Å². The van der Waals surface area contributed by atoms with Crippen molar-refractivity contribution in [3.05, 3.63) is 124 Å². The first kappa shape index (κ1) is 41.1. The molecule has 0 saturated carbocycles. The molecule has 0 atom stereocenters. The Morgan fingerprint density at radius 1 is 0.965 bits per heavy atom. The first-order valence-electron chi connectivity index (χ1n) is 19.0. The normalized spacial score (nSPS) is 14.2. The molecule has 8 nitrogen and oxygen atoms in total. The third-order valence-electron chi connectivity index (χ3n) is 10.5. The van der Waals surface area contributed by atoms with E-state index in [2.05, 4.69) is 34.4 Å². The van der Waals surface area contributed by atoms with Crippen molar-refractivity contribution < 1.29 is 31.9 Å². The van der Waals surface area contributed by atoms with Gasteiger partial charge in [-0.15, -0.1) is 11.3 Å². The fraction of sp³-hybridized carbons (Fsp3) is 0.318. The number of nitrogens with zero attached hydrogens (tertiary/aromatic N) is 3. The predicted molar refractivity (Wildman–Crippen MR) is 219 cm³/mol. The summed E-state index contributed by atoms with van der Waals surface area (Å²) in [7, 11) is 1.74. The number of benzene rings is 3. The van der Waals surface area contributed by atoms with Gasteiger partial charge in [0.1, 0.15) is 11.6 Å². The Kier molecular flexibility index (Phi) is 12.5. The van der Waals surface area contributed by atoms with Crippen LogP contribution >= 0.6 is 11.3 Å². The Labute approximate surface area is 333 Å². The Balaban J connectivity index is 0.000000255.